The Hall–Kier alpha value is -2.73. The minimum atomic E-state index is -0.453. The first-order valence-electron chi connectivity index (χ1n) is 9.32. The van der Waals surface area contributed by atoms with Gasteiger partial charge in [0.1, 0.15) is 0 Å². The maximum absolute atomic E-state index is 12.6. The van der Waals surface area contributed by atoms with E-state index in [1.54, 1.807) is 12.1 Å². The number of nitro groups is 1. The van der Waals surface area contributed by atoms with Gasteiger partial charge in [0.05, 0.1) is 4.92 Å². The summed E-state index contributed by atoms with van der Waals surface area (Å²) >= 11 is 0. The van der Waals surface area contributed by atoms with Crippen molar-refractivity contribution in [3.63, 3.8) is 0 Å². The second kappa shape index (κ2) is 8.77. The summed E-state index contributed by atoms with van der Waals surface area (Å²) in [6, 6.07) is 16.8. The van der Waals surface area contributed by atoms with Crippen LogP contribution in [0.15, 0.2) is 54.6 Å². The Morgan fingerprint density at radius 2 is 1.74 bits per heavy atom. The molecule has 0 aromatic heterocycles. The third kappa shape index (κ3) is 4.92. The standard InChI is InChI=1S/C21H25N3O3/c1-22(14-11-17-5-3-2-4-6-17)19-12-15-23(16-13-19)21(25)18-7-9-20(10-8-18)24(26)27/h2-10,19H,11-16H2,1H3. The summed E-state index contributed by atoms with van der Waals surface area (Å²) in [5.74, 6) is -0.0460. The van der Waals surface area contributed by atoms with E-state index in [1.807, 2.05) is 11.0 Å². The van der Waals surface area contributed by atoms with Crippen LogP contribution in [0.5, 0.6) is 0 Å². The van der Waals surface area contributed by atoms with E-state index >= 15 is 0 Å². The highest BCUT2D eigenvalue weighted by Crippen LogP contribution is 2.19. The fourth-order valence-corrected chi connectivity index (χ4v) is 3.55. The van der Waals surface area contributed by atoms with Gasteiger partial charge in [0.15, 0.2) is 0 Å². The van der Waals surface area contributed by atoms with Gasteiger partial charge in [0.2, 0.25) is 0 Å². The molecule has 6 heteroatoms. The van der Waals surface area contributed by atoms with Crippen molar-refractivity contribution in [2.24, 2.45) is 0 Å². The molecule has 1 saturated heterocycles. The smallest absolute Gasteiger partial charge is 0.269 e. The molecule has 1 amide bonds. The van der Waals surface area contributed by atoms with Crippen LogP contribution in [0.4, 0.5) is 5.69 Å². The zero-order chi connectivity index (χ0) is 19.2. The normalized spacial score (nSPS) is 15.1. The second-order valence-electron chi connectivity index (χ2n) is 7.04. The molecule has 0 radical (unpaired) electrons. The Labute approximate surface area is 159 Å². The number of carbonyl (C=O) groups excluding carboxylic acids is 1. The largest absolute Gasteiger partial charge is 0.339 e. The fraction of sp³-hybridized carbons (Fsp3) is 0.381. The zero-order valence-corrected chi connectivity index (χ0v) is 15.6. The molecule has 0 N–H and O–H groups in total. The number of rotatable bonds is 6. The van der Waals surface area contributed by atoms with Crippen LogP contribution in [0.2, 0.25) is 0 Å². The van der Waals surface area contributed by atoms with E-state index in [9.17, 15) is 14.9 Å². The lowest BCUT2D eigenvalue weighted by molar-refractivity contribution is -0.384. The first kappa shape index (κ1) is 19.0. The monoisotopic (exact) mass is 367 g/mol. The molecular weight excluding hydrogens is 342 g/mol. The molecule has 142 valence electrons. The van der Waals surface area contributed by atoms with Crippen molar-refractivity contribution in [3.8, 4) is 0 Å². The predicted octanol–water partition coefficient (Wildman–Crippen LogP) is 3.37. The van der Waals surface area contributed by atoms with Crippen molar-refractivity contribution in [2.45, 2.75) is 25.3 Å². The van der Waals surface area contributed by atoms with Crippen LogP contribution < -0.4 is 0 Å². The predicted molar refractivity (Wildman–Crippen MR) is 105 cm³/mol. The van der Waals surface area contributed by atoms with E-state index in [4.69, 9.17) is 0 Å². The lowest BCUT2D eigenvalue weighted by Gasteiger charge is -2.37. The van der Waals surface area contributed by atoms with Crippen LogP contribution in [0.25, 0.3) is 0 Å². The summed E-state index contributed by atoms with van der Waals surface area (Å²) in [5.41, 5.74) is 1.86. The van der Waals surface area contributed by atoms with Crippen LogP contribution in [0, 0.1) is 10.1 Å². The van der Waals surface area contributed by atoms with Crippen LogP contribution in [-0.4, -0.2) is 53.4 Å². The average Bonchev–Trinajstić information content (AvgIpc) is 2.72. The number of non-ortho nitro benzene ring substituents is 1. The third-order valence-corrected chi connectivity index (χ3v) is 5.30. The average molecular weight is 367 g/mol. The quantitative estimate of drug-likeness (QED) is 0.580. The number of likely N-dealkylation sites (tertiary alicyclic amines) is 1. The van der Waals surface area contributed by atoms with Crippen molar-refractivity contribution in [1.82, 2.24) is 9.80 Å². The van der Waals surface area contributed by atoms with Crippen molar-refractivity contribution in [3.05, 3.63) is 75.8 Å². The maximum Gasteiger partial charge on any atom is 0.269 e. The Bertz CT molecular complexity index is 769. The van der Waals surface area contributed by atoms with Gasteiger partial charge in [-0.3, -0.25) is 14.9 Å². The minimum Gasteiger partial charge on any atom is -0.339 e. The maximum atomic E-state index is 12.6. The molecule has 0 spiro atoms. The number of piperidine rings is 1. The van der Waals surface area contributed by atoms with Gasteiger partial charge in [-0.05, 0) is 44.0 Å². The van der Waals surface area contributed by atoms with Crippen LogP contribution >= 0.6 is 0 Å². The number of hydrogen-bond acceptors (Lipinski definition) is 4. The SMILES string of the molecule is CN(CCc1ccccc1)C1CCN(C(=O)c2ccc([N+](=O)[O-])cc2)CC1. The Kier molecular flexibility index (Phi) is 6.19. The molecule has 3 rings (SSSR count). The third-order valence-electron chi connectivity index (χ3n) is 5.30. The lowest BCUT2D eigenvalue weighted by atomic mass is 10.0. The van der Waals surface area contributed by atoms with Crippen molar-refractivity contribution in [1.29, 1.82) is 0 Å². The summed E-state index contributed by atoms with van der Waals surface area (Å²) in [5, 5.41) is 10.7. The Morgan fingerprint density at radius 1 is 1.11 bits per heavy atom. The summed E-state index contributed by atoms with van der Waals surface area (Å²) < 4.78 is 0. The second-order valence-corrected chi connectivity index (χ2v) is 7.04. The van der Waals surface area contributed by atoms with Crippen LogP contribution in [0.1, 0.15) is 28.8 Å². The molecule has 1 aliphatic heterocycles. The van der Waals surface area contributed by atoms with E-state index in [1.165, 1.54) is 17.7 Å². The van der Waals surface area contributed by atoms with E-state index in [0.29, 0.717) is 11.6 Å². The molecule has 1 heterocycles. The molecule has 0 unspecified atom stereocenters. The van der Waals surface area contributed by atoms with Gasteiger partial charge in [-0.1, -0.05) is 30.3 Å². The van der Waals surface area contributed by atoms with Gasteiger partial charge < -0.3 is 9.80 Å². The molecule has 0 saturated carbocycles. The molecular formula is C21H25N3O3. The number of amides is 1. The number of nitro benzene ring substituents is 1. The summed E-state index contributed by atoms with van der Waals surface area (Å²) in [7, 11) is 2.15. The van der Waals surface area contributed by atoms with Crippen molar-refractivity contribution < 1.29 is 9.72 Å². The number of benzene rings is 2. The van der Waals surface area contributed by atoms with E-state index < -0.39 is 4.92 Å². The van der Waals surface area contributed by atoms with Crippen LogP contribution in [0.3, 0.4) is 0 Å². The molecule has 1 aliphatic rings. The number of hydrogen-bond donors (Lipinski definition) is 0. The van der Waals surface area contributed by atoms with Crippen LogP contribution in [-0.2, 0) is 6.42 Å². The first-order chi connectivity index (χ1) is 13.0. The highest BCUT2D eigenvalue weighted by atomic mass is 16.6. The molecule has 2 aromatic carbocycles. The molecule has 2 aromatic rings. The minimum absolute atomic E-state index is 0.00491. The summed E-state index contributed by atoms with van der Waals surface area (Å²) in [6.07, 6.45) is 2.92. The molecule has 6 nitrogen and oxygen atoms in total. The summed E-state index contributed by atoms with van der Waals surface area (Å²) in [4.78, 5) is 27.1. The van der Waals surface area contributed by atoms with Gasteiger partial charge in [0.25, 0.3) is 11.6 Å². The lowest BCUT2D eigenvalue weighted by Crippen LogP contribution is -2.46. The van der Waals surface area contributed by atoms with Gasteiger partial charge in [-0.15, -0.1) is 0 Å². The number of carbonyl (C=O) groups is 1. The topological polar surface area (TPSA) is 66.7 Å². The molecule has 0 aliphatic carbocycles. The first-order valence-corrected chi connectivity index (χ1v) is 9.32. The Morgan fingerprint density at radius 3 is 2.33 bits per heavy atom. The Balaban J connectivity index is 1.49. The molecule has 27 heavy (non-hydrogen) atoms. The van der Waals surface area contributed by atoms with Gasteiger partial charge in [0, 0.05) is 43.4 Å². The van der Waals surface area contributed by atoms with Crippen molar-refractivity contribution >= 4 is 11.6 Å². The fourth-order valence-electron chi connectivity index (χ4n) is 3.55. The molecule has 0 atom stereocenters. The molecule has 0 bridgehead atoms. The highest BCUT2D eigenvalue weighted by Gasteiger charge is 2.26. The summed E-state index contributed by atoms with van der Waals surface area (Å²) in [6.45, 7) is 2.44. The van der Waals surface area contributed by atoms with Gasteiger partial charge >= 0.3 is 0 Å². The highest BCUT2D eigenvalue weighted by molar-refractivity contribution is 5.94. The van der Waals surface area contributed by atoms with Gasteiger partial charge in [-0.25, -0.2) is 0 Å². The zero-order valence-electron chi connectivity index (χ0n) is 15.6. The molecule has 1 fully saturated rings. The number of likely N-dealkylation sites (N-methyl/N-ethyl adjacent to an activating group) is 1. The van der Waals surface area contributed by atoms with Gasteiger partial charge in [-0.2, -0.15) is 0 Å². The number of nitrogens with zero attached hydrogens (tertiary/aromatic N) is 3. The van der Waals surface area contributed by atoms with E-state index in [-0.39, 0.29) is 11.6 Å². The van der Waals surface area contributed by atoms with Crippen molar-refractivity contribution in [2.75, 3.05) is 26.7 Å². The van der Waals surface area contributed by atoms with E-state index in [2.05, 4.69) is 36.2 Å². The van der Waals surface area contributed by atoms with E-state index in [0.717, 1.165) is 38.9 Å².